The quantitative estimate of drug-likeness (QED) is 0.0325. The topological polar surface area (TPSA) is 95.9 Å². The Labute approximate surface area is 347 Å². The second-order valence-corrected chi connectivity index (χ2v) is 16.6. The fourth-order valence-corrected chi connectivity index (χ4v) is 7.37. The molecule has 6 heteroatoms. The second-order valence-electron chi connectivity index (χ2n) is 16.6. The minimum absolute atomic E-state index is 0.0576. The molecule has 0 saturated heterocycles. The number of aliphatic hydroxyl groups excluding tert-OH is 2. The highest BCUT2D eigenvalue weighted by Gasteiger charge is 2.24. The lowest BCUT2D eigenvalue weighted by molar-refractivity contribution is -0.151. The van der Waals surface area contributed by atoms with E-state index in [1.54, 1.807) is 0 Å². The third-order valence-electron chi connectivity index (χ3n) is 11.0. The largest absolute Gasteiger partial charge is 0.462 e. The van der Waals surface area contributed by atoms with Crippen molar-refractivity contribution in [3.8, 4) is 0 Å². The Morgan fingerprint density at radius 3 is 1.45 bits per heavy atom. The number of esters is 1. The van der Waals surface area contributed by atoms with E-state index in [2.05, 4.69) is 50.4 Å². The van der Waals surface area contributed by atoms with E-state index >= 15 is 0 Å². The lowest BCUT2D eigenvalue weighted by Crippen LogP contribution is -2.46. The zero-order chi connectivity index (χ0) is 41.0. The Balaban J connectivity index is 4.50. The number of nitrogens with one attached hydrogen (secondary N) is 1. The number of hydrogen-bond donors (Lipinski definition) is 3. The molecule has 3 N–H and O–H groups in total. The molecule has 0 fully saturated rings. The van der Waals surface area contributed by atoms with E-state index in [9.17, 15) is 19.8 Å². The highest BCUT2D eigenvalue weighted by atomic mass is 16.5. The van der Waals surface area contributed by atoms with Crippen LogP contribution in [0.15, 0.2) is 36.5 Å². The maximum atomic E-state index is 13.1. The highest BCUT2D eigenvalue weighted by Crippen LogP contribution is 2.18. The van der Waals surface area contributed by atoms with Crippen molar-refractivity contribution in [1.82, 2.24) is 5.32 Å². The number of carbonyl (C=O) groups is 2. The molecule has 0 aliphatic heterocycles. The molecule has 0 aromatic carbocycles. The summed E-state index contributed by atoms with van der Waals surface area (Å²) in [6.07, 6.45) is 50.7. The van der Waals surface area contributed by atoms with Crippen molar-refractivity contribution in [2.45, 2.75) is 264 Å². The van der Waals surface area contributed by atoms with Crippen LogP contribution in [-0.4, -0.2) is 46.9 Å². The first-order chi connectivity index (χ1) is 27.5. The van der Waals surface area contributed by atoms with Crippen LogP contribution in [0.1, 0.15) is 245 Å². The molecule has 56 heavy (non-hydrogen) atoms. The van der Waals surface area contributed by atoms with Gasteiger partial charge in [-0.25, -0.2) is 0 Å². The molecule has 3 unspecified atom stereocenters. The smallest absolute Gasteiger partial charge is 0.306 e. The van der Waals surface area contributed by atoms with Crippen LogP contribution in [0, 0.1) is 0 Å². The summed E-state index contributed by atoms with van der Waals surface area (Å²) in [5.74, 6) is -0.505. The standard InChI is InChI=1S/C50H93NO5/c1-4-7-10-13-16-19-22-23-24-25-26-28-30-33-36-39-42-48(53)47(45-52)51-49(54)44-46(41-38-35-32-29-27-20-17-14-11-8-5-2)56-50(55)43-40-37-34-31-21-18-15-12-9-6-3/h8,11,14,17,20,27,46-48,52-53H,4-7,9-10,12-13,15-16,18-19,21-26,28-45H2,1-3H3,(H,51,54)/b11-8+,17-14+,27-20-. The predicted octanol–water partition coefficient (Wildman–Crippen LogP) is 14.1. The fourth-order valence-electron chi connectivity index (χ4n) is 7.37. The van der Waals surface area contributed by atoms with Crippen LogP contribution in [-0.2, 0) is 14.3 Å². The number of rotatable bonds is 43. The molecule has 328 valence electrons. The molecule has 0 aliphatic rings. The number of allylic oxidation sites excluding steroid dienone is 6. The van der Waals surface area contributed by atoms with E-state index in [1.165, 1.54) is 128 Å². The summed E-state index contributed by atoms with van der Waals surface area (Å²) in [6.45, 7) is 6.33. The van der Waals surface area contributed by atoms with Crippen molar-refractivity contribution in [3.63, 3.8) is 0 Å². The Bertz CT molecular complexity index is 930. The number of unbranched alkanes of at least 4 members (excludes halogenated alkanes) is 27. The Hall–Kier alpha value is -1.92. The molecular weight excluding hydrogens is 695 g/mol. The molecule has 0 heterocycles. The normalized spacial score (nSPS) is 13.6. The minimum atomic E-state index is -0.793. The first-order valence-electron chi connectivity index (χ1n) is 24.2. The van der Waals surface area contributed by atoms with Crippen molar-refractivity contribution < 1.29 is 24.5 Å². The van der Waals surface area contributed by atoms with Crippen molar-refractivity contribution in [2.75, 3.05) is 6.61 Å². The van der Waals surface area contributed by atoms with Gasteiger partial charge < -0.3 is 20.3 Å². The molecule has 1 amide bonds. The fraction of sp³-hybridized carbons (Fsp3) is 0.840. The van der Waals surface area contributed by atoms with E-state index < -0.39 is 18.2 Å². The van der Waals surface area contributed by atoms with E-state index in [4.69, 9.17) is 4.74 Å². The van der Waals surface area contributed by atoms with E-state index in [1.807, 2.05) is 12.2 Å². The van der Waals surface area contributed by atoms with Crippen molar-refractivity contribution in [2.24, 2.45) is 0 Å². The van der Waals surface area contributed by atoms with Crippen LogP contribution in [0.3, 0.4) is 0 Å². The van der Waals surface area contributed by atoms with Crippen molar-refractivity contribution >= 4 is 11.9 Å². The van der Waals surface area contributed by atoms with Gasteiger partial charge in [0.05, 0.1) is 25.2 Å². The van der Waals surface area contributed by atoms with Gasteiger partial charge in [-0.15, -0.1) is 0 Å². The van der Waals surface area contributed by atoms with Crippen LogP contribution in [0.5, 0.6) is 0 Å². The molecule has 0 spiro atoms. The minimum Gasteiger partial charge on any atom is -0.462 e. The summed E-state index contributed by atoms with van der Waals surface area (Å²) < 4.78 is 5.88. The maximum Gasteiger partial charge on any atom is 0.306 e. The maximum absolute atomic E-state index is 13.1. The monoisotopic (exact) mass is 788 g/mol. The van der Waals surface area contributed by atoms with E-state index in [-0.39, 0.29) is 24.9 Å². The molecule has 0 aromatic heterocycles. The van der Waals surface area contributed by atoms with Gasteiger partial charge in [0, 0.05) is 6.42 Å². The third kappa shape index (κ3) is 38.9. The van der Waals surface area contributed by atoms with E-state index in [0.29, 0.717) is 19.3 Å². The van der Waals surface area contributed by atoms with Gasteiger partial charge in [-0.05, 0) is 44.9 Å². The average Bonchev–Trinajstić information content (AvgIpc) is 3.19. The first kappa shape index (κ1) is 54.1. The first-order valence-corrected chi connectivity index (χ1v) is 24.2. The lowest BCUT2D eigenvalue weighted by atomic mass is 10.0. The van der Waals surface area contributed by atoms with Gasteiger partial charge in [-0.3, -0.25) is 9.59 Å². The number of aliphatic hydroxyl groups is 2. The van der Waals surface area contributed by atoms with Gasteiger partial charge in [0.25, 0.3) is 0 Å². The molecule has 3 atom stereocenters. The lowest BCUT2D eigenvalue weighted by Gasteiger charge is -2.24. The summed E-state index contributed by atoms with van der Waals surface area (Å²) in [6, 6.07) is -0.708. The summed E-state index contributed by atoms with van der Waals surface area (Å²) in [4.78, 5) is 26.0. The Morgan fingerprint density at radius 1 is 0.536 bits per heavy atom. The summed E-state index contributed by atoms with van der Waals surface area (Å²) >= 11 is 0. The van der Waals surface area contributed by atoms with E-state index in [0.717, 1.165) is 70.6 Å². The third-order valence-corrected chi connectivity index (χ3v) is 11.0. The van der Waals surface area contributed by atoms with Crippen LogP contribution in [0.25, 0.3) is 0 Å². The number of amides is 1. The Kier molecular flexibility index (Phi) is 42.7. The zero-order valence-corrected chi connectivity index (χ0v) is 37.3. The molecule has 0 bridgehead atoms. The highest BCUT2D eigenvalue weighted by molar-refractivity contribution is 5.77. The SMILES string of the molecule is CC/C=C/C=C/C=C\CCCCCC(CC(=O)NC(CO)C(O)CCCCCCCCCCCCCCCCCC)OC(=O)CCCCCCCCCCCC. The summed E-state index contributed by atoms with van der Waals surface area (Å²) in [7, 11) is 0. The zero-order valence-electron chi connectivity index (χ0n) is 37.3. The van der Waals surface area contributed by atoms with Gasteiger partial charge in [-0.2, -0.15) is 0 Å². The van der Waals surface area contributed by atoms with Crippen LogP contribution < -0.4 is 5.32 Å². The Morgan fingerprint density at radius 2 is 0.964 bits per heavy atom. The van der Waals surface area contributed by atoms with Crippen LogP contribution >= 0.6 is 0 Å². The van der Waals surface area contributed by atoms with Gasteiger partial charge in [0.2, 0.25) is 5.91 Å². The van der Waals surface area contributed by atoms with Crippen molar-refractivity contribution in [1.29, 1.82) is 0 Å². The molecule has 0 rings (SSSR count). The van der Waals surface area contributed by atoms with Gasteiger partial charge in [-0.1, -0.05) is 224 Å². The molecular formula is C50H93NO5. The van der Waals surface area contributed by atoms with Gasteiger partial charge >= 0.3 is 5.97 Å². The van der Waals surface area contributed by atoms with Crippen LogP contribution in [0.4, 0.5) is 0 Å². The number of carbonyl (C=O) groups excluding carboxylic acids is 2. The summed E-state index contributed by atoms with van der Waals surface area (Å²) in [5.41, 5.74) is 0. The molecule has 0 aliphatic carbocycles. The molecule has 0 aromatic rings. The number of hydrogen-bond acceptors (Lipinski definition) is 5. The molecule has 0 radical (unpaired) electrons. The molecule has 6 nitrogen and oxygen atoms in total. The van der Waals surface area contributed by atoms with Gasteiger partial charge in [0.1, 0.15) is 6.10 Å². The average molecular weight is 788 g/mol. The van der Waals surface area contributed by atoms with Crippen molar-refractivity contribution in [3.05, 3.63) is 36.5 Å². The predicted molar refractivity (Wildman–Crippen MR) is 241 cm³/mol. The second kappa shape index (κ2) is 44.2. The van der Waals surface area contributed by atoms with Gasteiger partial charge in [0.15, 0.2) is 0 Å². The number of ether oxygens (including phenoxy) is 1. The van der Waals surface area contributed by atoms with Crippen LogP contribution in [0.2, 0.25) is 0 Å². The summed E-state index contributed by atoms with van der Waals surface area (Å²) in [5, 5.41) is 23.7. The molecule has 0 saturated carbocycles.